The molecule has 1 aliphatic rings. The summed E-state index contributed by atoms with van der Waals surface area (Å²) >= 11 is 0. The van der Waals surface area contributed by atoms with Gasteiger partial charge in [0.05, 0.1) is 18.8 Å². The van der Waals surface area contributed by atoms with E-state index in [2.05, 4.69) is 11.0 Å². The van der Waals surface area contributed by atoms with Crippen LogP contribution in [0.3, 0.4) is 0 Å². The van der Waals surface area contributed by atoms with Gasteiger partial charge in [0, 0.05) is 28.2 Å². The van der Waals surface area contributed by atoms with Crippen molar-refractivity contribution < 1.29 is 4.42 Å². The minimum Gasteiger partial charge on any atom is -0.468 e. The molecule has 5 heteroatoms. The molecule has 0 radical (unpaired) electrons. The van der Waals surface area contributed by atoms with Gasteiger partial charge in [0.1, 0.15) is 5.76 Å². The first-order valence-electron chi connectivity index (χ1n) is 7.26. The molecule has 1 unspecified atom stereocenters. The summed E-state index contributed by atoms with van der Waals surface area (Å²) in [6, 6.07) is 4.27. The Balaban J connectivity index is 2.13. The van der Waals surface area contributed by atoms with Crippen molar-refractivity contribution in [2.24, 2.45) is 4.99 Å². The molecule has 1 aliphatic heterocycles. The summed E-state index contributed by atoms with van der Waals surface area (Å²) in [5, 5.41) is 0. The Morgan fingerprint density at radius 1 is 1.25 bits per heavy atom. The fourth-order valence-corrected chi connectivity index (χ4v) is 2.77. The molecule has 0 amide bonds. The molecule has 1 aromatic heterocycles. The first-order valence-corrected chi connectivity index (χ1v) is 7.26. The standard InChI is InChI=1S/C15H26N4O/c1-17(2)15(18(3)4)16-12-13(14-8-7-11-20-14)19-9-5-6-10-19/h7-8,11,13H,5-6,9-10,12H2,1-4H3. The lowest BCUT2D eigenvalue weighted by molar-refractivity contribution is 0.220. The highest BCUT2D eigenvalue weighted by Gasteiger charge is 2.25. The number of furan rings is 1. The number of likely N-dealkylation sites (tertiary alicyclic amines) is 1. The Morgan fingerprint density at radius 2 is 1.90 bits per heavy atom. The van der Waals surface area contributed by atoms with Crippen LogP contribution in [0.4, 0.5) is 0 Å². The average molecular weight is 278 g/mol. The van der Waals surface area contributed by atoms with Crippen LogP contribution in [-0.4, -0.2) is 68.5 Å². The topological polar surface area (TPSA) is 35.2 Å². The molecule has 2 rings (SSSR count). The first kappa shape index (κ1) is 14.9. The molecule has 0 aromatic carbocycles. The number of hydrogen-bond donors (Lipinski definition) is 0. The van der Waals surface area contributed by atoms with Crippen molar-refractivity contribution >= 4 is 5.96 Å². The van der Waals surface area contributed by atoms with Gasteiger partial charge in [0.15, 0.2) is 5.96 Å². The number of guanidine groups is 1. The van der Waals surface area contributed by atoms with Gasteiger partial charge in [-0.1, -0.05) is 0 Å². The Morgan fingerprint density at radius 3 is 2.40 bits per heavy atom. The van der Waals surface area contributed by atoms with E-state index in [9.17, 15) is 0 Å². The maximum Gasteiger partial charge on any atom is 0.195 e. The molecule has 20 heavy (non-hydrogen) atoms. The fourth-order valence-electron chi connectivity index (χ4n) is 2.77. The molecule has 0 aliphatic carbocycles. The van der Waals surface area contributed by atoms with Crippen molar-refractivity contribution in [3.8, 4) is 0 Å². The van der Waals surface area contributed by atoms with Gasteiger partial charge in [-0.2, -0.15) is 0 Å². The molecule has 1 saturated heterocycles. The van der Waals surface area contributed by atoms with E-state index in [1.165, 1.54) is 12.8 Å². The second-order valence-corrected chi connectivity index (χ2v) is 5.70. The Bertz CT molecular complexity index is 409. The smallest absolute Gasteiger partial charge is 0.195 e. The summed E-state index contributed by atoms with van der Waals surface area (Å²) in [6.45, 7) is 3.01. The lowest BCUT2D eigenvalue weighted by atomic mass is 10.2. The van der Waals surface area contributed by atoms with Crippen LogP contribution in [-0.2, 0) is 0 Å². The van der Waals surface area contributed by atoms with Crippen LogP contribution >= 0.6 is 0 Å². The van der Waals surface area contributed by atoms with Crippen LogP contribution in [0.15, 0.2) is 27.8 Å². The van der Waals surface area contributed by atoms with E-state index in [0.29, 0.717) is 0 Å². The highest BCUT2D eigenvalue weighted by atomic mass is 16.3. The second kappa shape index (κ2) is 6.79. The van der Waals surface area contributed by atoms with E-state index in [1.54, 1.807) is 6.26 Å². The summed E-state index contributed by atoms with van der Waals surface area (Å²) in [4.78, 5) is 11.4. The highest BCUT2D eigenvalue weighted by Crippen LogP contribution is 2.25. The molecule has 1 fully saturated rings. The van der Waals surface area contributed by atoms with E-state index in [0.717, 1.165) is 31.4 Å². The largest absolute Gasteiger partial charge is 0.468 e. The zero-order valence-corrected chi connectivity index (χ0v) is 13.0. The van der Waals surface area contributed by atoms with Gasteiger partial charge in [-0.05, 0) is 38.1 Å². The Hall–Kier alpha value is -1.49. The summed E-state index contributed by atoms with van der Waals surface area (Å²) in [5.74, 6) is 2.01. The second-order valence-electron chi connectivity index (χ2n) is 5.70. The maximum absolute atomic E-state index is 5.62. The Kier molecular flexibility index (Phi) is 5.06. The first-order chi connectivity index (χ1) is 9.59. The quantitative estimate of drug-likeness (QED) is 0.622. The molecule has 0 spiro atoms. The molecule has 2 heterocycles. The molecule has 1 atom stereocenters. The third kappa shape index (κ3) is 3.54. The average Bonchev–Trinajstić information content (AvgIpc) is 3.06. The molecule has 5 nitrogen and oxygen atoms in total. The van der Waals surface area contributed by atoms with Crippen molar-refractivity contribution in [3.05, 3.63) is 24.2 Å². The summed E-state index contributed by atoms with van der Waals surface area (Å²) in [6.07, 6.45) is 4.30. The lowest BCUT2D eigenvalue weighted by Gasteiger charge is -2.27. The van der Waals surface area contributed by atoms with Crippen LogP contribution < -0.4 is 0 Å². The molecule has 0 bridgehead atoms. The van der Waals surface area contributed by atoms with Gasteiger partial charge in [0.2, 0.25) is 0 Å². The molecule has 112 valence electrons. The van der Waals surface area contributed by atoms with E-state index >= 15 is 0 Å². The zero-order chi connectivity index (χ0) is 14.5. The molecular formula is C15H26N4O. The van der Waals surface area contributed by atoms with E-state index in [4.69, 9.17) is 9.41 Å². The highest BCUT2D eigenvalue weighted by molar-refractivity contribution is 5.79. The monoisotopic (exact) mass is 278 g/mol. The molecular weight excluding hydrogens is 252 g/mol. The van der Waals surface area contributed by atoms with Crippen LogP contribution in [0.5, 0.6) is 0 Å². The van der Waals surface area contributed by atoms with E-state index in [-0.39, 0.29) is 6.04 Å². The summed E-state index contributed by atoms with van der Waals surface area (Å²) in [5.41, 5.74) is 0. The van der Waals surface area contributed by atoms with Gasteiger partial charge in [-0.25, -0.2) is 0 Å². The van der Waals surface area contributed by atoms with Gasteiger partial charge < -0.3 is 14.2 Å². The van der Waals surface area contributed by atoms with Crippen molar-refractivity contribution in [2.75, 3.05) is 47.8 Å². The van der Waals surface area contributed by atoms with Gasteiger partial charge in [-0.15, -0.1) is 0 Å². The maximum atomic E-state index is 5.62. The molecule has 0 saturated carbocycles. The minimum absolute atomic E-state index is 0.252. The fraction of sp³-hybridized carbons (Fsp3) is 0.667. The van der Waals surface area contributed by atoms with Crippen LogP contribution in [0.25, 0.3) is 0 Å². The predicted molar refractivity (Wildman–Crippen MR) is 81.9 cm³/mol. The van der Waals surface area contributed by atoms with Gasteiger partial charge in [0.25, 0.3) is 0 Å². The summed E-state index contributed by atoms with van der Waals surface area (Å²) in [7, 11) is 8.10. The molecule has 0 N–H and O–H groups in total. The van der Waals surface area contributed by atoms with Crippen molar-refractivity contribution in [2.45, 2.75) is 18.9 Å². The third-order valence-corrected chi connectivity index (χ3v) is 3.66. The van der Waals surface area contributed by atoms with Crippen LogP contribution in [0.1, 0.15) is 24.6 Å². The van der Waals surface area contributed by atoms with E-state index in [1.807, 2.05) is 44.1 Å². The van der Waals surface area contributed by atoms with Crippen molar-refractivity contribution in [1.29, 1.82) is 0 Å². The van der Waals surface area contributed by atoms with Gasteiger partial charge >= 0.3 is 0 Å². The Labute approximate surface area is 121 Å². The predicted octanol–water partition coefficient (Wildman–Crippen LogP) is 1.90. The number of aliphatic imine (C=N–C) groups is 1. The van der Waals surface area contributed by atoms with Crippen molar-refractivity contribution in [1.82, 2.24) is 14.7 Å². The number of rotatable bonds is 4. The zero-order valence-electron chi connectivity index (χ0n) is 13.0. The normalized spacial score (nSPS) is 17.0. The van der Waals surface area contributed by atoms with E-state index < -0.39 is 0 Å². The van der Waals surface area contributed by atoms with Crippen molar-refractivity contribution in [3.63, 3.8) is 0 Å². The van der Waals surface area contributed by atoms with Crippen LogP contribution in [0, 0.1) is 0 Å². The SMILES string of the molecule is CN(C)C(=NCC(c1ccco1)N1CCCC1)N(C)C. The third-order valence-electron chi connectivity index (χ3n) is 3.66. The van der Waals surface area contributed by atoms with Gasteiger partial charge in [-0.3, -0.25) is 9.89 Å². The lowest BCUT2D eigenvalue weighted by Crippen LogP contribution is -2.36. The van der Waals surface area contributed by atoms with Crippen LogP contribution in [0.2, 0.25) is 0 Å². The molecule has 1 aromatic rings. The summed E-state index contributed by atoms with van der Waals surface area (Å²) < 4.78 is 5.62. The minimum atomic E-state index is 0.252. The number of nitrogens with zero attached hydrogens (tertiary/aromatic N) is 4. The number of hydrogen-bond acceptors (Lipinski definition) is 3.